The van der Waals surface area contributed by atoms with E-state index in [0.717, 1.165) is 16.5 Å². The SMILES string of the molecule is CCCC(=O)[C@H](Cc1c[nH]c2ccccc12)NC(=O)[C@@H](CC(=O)[C@@H](NC(=O)[C@H](CO)CC(=O)[C@H](CCCCN)NC(=O)COCCNC(C)C)C(C)C)[C@@H](C)O. The Bertz CT molecular complexity index is 1560. The average molecular weight is 787 g/mol. The van der Waals surface area contributed by atoms with E-state index in [4.69, 9.17) is 10.5 Å². The van der Waals surface area contributed by atoms with E-state index in [0.29, 0.717) is 39.0 Å². The molecule has 0 aliphatic rings. The molecule has 3 amide bonds. The number of aliphatic hydroxyl groups is 2. The van der Waals surface area contributed by atoms with E-state index in [1.165, 1.54) is 6.92 Å². The van der Waals surface area contributed by atoms with Crippen molar-refractivity contribution in [1.82, 2.24) is 26.3 Å². The van der Waals surface area contributed by atoms with Gasteiger partial charge in [-0.05, 0) is 56.7 Å². The van der Waals surface area contributed by atoms with Crippen LogP contribution >= 0.6 is 0 Å². The fraction of sp³-hybridized carbons (Fsp3) is 0.659. The molecule has 1 aromatic carbocycles. The zero-order valence-corrected chi connectivity index (χ0v) is 34.0. The highest BCUT2D eigenvalue weighted by molar-refractivity contribution is 5.97. The predicted molar refractivity (Wildman–Crippen MR) is 214 cm³/mol. The molecule has 56 heavy (non-hydrogen) atoms. The molecule has 9 N–H and O–H groups in total. The Morgan fingerprint density at radius 2 is 1.59 bits per heavy atom. The molecular weight excluding hydrogens is 720 g/mol. The number of amides is 3. The first-order valence-electron chi connectivity index (χ1n) is 20.0. The van der Waals surface area contributed by atoms with Crippen molar-refractivity contribution in [2.75, 3.05) is 32.9 Å². The van der Waals surface area contributed by atoms with Crippen LogP contribution in [0.5, 0.6) is 0 Å². The van der Waals surface area contributed by atoms with Crippen molar-refractivity contribution in [1.29, 1.82) is 0 Å². The Balaban J connectivity index is 2.13. The smallest absolute Gasteiger partial charge is 0.246 e. The number of aliphatic hydroxyl groups excluding tert-OH is 2. The molecule has 6 atom stereocenters. The molecule has 15 heteroatoms. The van der Waals surface area contributed by atoms with Crippen LogP contribution in [0, 0.1) is 17.8 Å². The number of ether oxygens (including phenoxy) is 1. The monoisotopic (exact) mass is 786 g/mol. The second-order valence-corrected chi connectivity index (χ2v) is 15.2. The first-order valence-corrected chi connectivity index (χ1v) is 20.0. The maximum absolute atomic E-state index is 13.8. The standard InChI is InChI=1S/C41H66N6O9/c1-7-12-35(50)34(19-28-22-44-32-14-9-8-13-30(28)32)46-41(55)31(27(6)49)21-37(52)39(25(2)3)47-40(54)29(23-48)20-36(51)33(15-10-11-16-42)45-38(53)24-56-18-17-43-26(4)5/h8-9,13-14,22,25-27,29,31,33-34,39,43-44,48-49H,7,10-12,15-21,23-24,42H2,1-6H3,(H,45,53)(H,46,55)(H,47,54)/t27-,29+,31+,33+,34+,39+/m1/s1. The van der Waals surface area contributed by atoms with Crippen molar-refractivity contribution >= 4 is 46.0 Å². The molecule has 314 valence electrons. The summed E-state index contributed by atoms with van der Waals surface area (Å²) in [6.45, 7) is 10.9. The number of aromatic amines is 1. The zero-order valence-electron chi connectivity index (χ0n) is 34.0. The van der Waals surface area contributed by atoms with E-state index in [1.54, 1.807) is 20.0 Å². The van der Waals surface area contributed by atoms with Crippen LogP contribution in [-0.4, -0.2) is 113 Å². The van der Waals surface area contributed by atoms with E-state index in [9.17, 15) is 39.0 Å². The second kappa shape index (κ2) is 25.3. The number of fused-ring (bicyclic) bond motifs is 1. The Morgan fingerprint density at radius 1 is 0.875 bits per heavy atom. The third kappa shape index (κ3) is 16.2. The van der Waals surface area contributed by atoms with Crippen LogP contribution < -0.4 is 27.0 Å². The summed E-state index contributed by atoms with van der Waals surface area (Å²) in [5.74, 6) is -6.02. The van der Waals surface area contributed by atoms with Crippen molar-refractivity contribution in [3.8, 4) is 0 Å². The number of hydrogen-bond acceptors (Lipinski definition) is 11. The Labute approximate surface area is 331 Å². The van der Waals surface area contributed by atoms with Crippen molar-refractivity contribution in [2.45, 2.75) is 123 Å². The number of Topliss-reactive ketones (excluding diaryl/α,β-unsaturated/α-hetero) is 3. The van der Waals surface area contributed by atoms with Gasteiger partial charge in [-0.25, -0.2) is 0 Å². The summed E-state index contributed by atoms with van der Waals surface area (Å²) in [6.07, 6.45) is 2.12. The summed E-state index contributed by atoms with van der Waals surface area (Å²) < 4.78 is 5.41. The summed E-state index contributed by atoms with van der Waals surface area (Å²) >= 11 is 0. The molecule has 1 aromatic heterocycles. The van der Waals surface area contributed by atoms with Crippen LogP contribution in [0.4, 0.5) is 0 Å². The number of hydrogen-bond donors (Lipinski definition) is 8. The molecule has 0 aliphatic carbocycles. The molecule has 2 rings (SSSR count). The van der Waals surface area contributed by atoms with Gasteiger partial charge in [0.1, 0.15) is 6.61 Å². The van der Waals surface area contributed by atoms with Gasteiger partial charge in [0.2, 0.25) is 17.7 Å². The number of unbranched alkanes of at least 4 members (excludes halogenated alkanes) is 1. The first kappa shape index (κ1) is 48.1. The number of H-pyrrole nitrogens is 1. The fourth-order valence-electron chi connectivity index (χ4n) is 6.43. The predicted octanol–water partition coefficient (Wildman–Crippen LogP) is 1.86. The number of aromatic nitrogens is 1. The van der Waals surface area contributed by atoms with Crippen LogP contribution in [0.15, 0.2) is 30.5 Å². The Hall–Kier alpha value is -4.02. The first-order chi connectivity index (χ1) is 26.6. The van der Waals surface area contributed by atoms with Gasteiger partial charge in [-0.15, -0.1) is 0 Å². The normalized spacial score (nSPS) is 14.8. The number of carbonyl (C=O) groups excluding carboxylic acids is 6. The van der Waals surface area contributed by atoms with Crippen molar-refractivity contribution in [2.24, 2.45) is 23.5 Å². The molecule has 2 aromatic rings. The lowest BCUT2D eigenvalue weighted by molar-refractivity contribution is -0.138. The maximum Gasteiger partial charge on any atom is 0.246 e. The lowest BCUT2D eigenvalue weighted by Gasteiger charge is -2.27. The number of ketones is 3. The van der Waals surface area contributed by atoms with Gasteiger partial charge in [0.05, 0.1) is 49.3 Å². The van der Waals surface area contributed by atoms with E-state index in [1.807, 2.05) is 45.0 Å². The molecule has 0 radical (unpaired) electrons. The zero-order chi connectivity index (χ0) is 41.8. The molecule has 1 heterocycles. The minimum Gasteiger partial charge on any atom is -0.396 e. The van der Waals surface area contributed by atoms with Gasteiger partial charge in [0.15, 0.2) is 17.3 Å². The van der Waals surface area contributed by atoms with Crippen LogP contribution in [0.1, 0.15) is 92.1 Å². The van der Waals surface area contributed by atoms with Gasteiger partial charge in [-0.1, -0.05) is 52.8 Å². The molecule has 15 nitrogen and oxygen atoms in total. The molecule has 0 spiro atoms. The molecule has 0 fully saturated rings. The van der Waals surface area contributed by atoms with Gasteiger partial charge in [0.25, 0.3) is 0 Å². The van der Waals surface area contributed by atoms with Crippen molar-refractivity contribution in [3.05, 3.63) is 36.0 Å². The van der Waals surface area contributed by atoms with Gasteiger partial charge in [0, 0.05) is 55.4 Å². The number of carbonyl (C=O) groups is 6. The molecular formula is C41H66N6O9. The Kier molecular flexibility index (Phi) is 21.7. The maximum atomic E-state index is 13.8. The van der Waals surface area contributed by atoms with Crippen LogP contribution in [0.25, 0.3) is 10.9 Å². The molecule has 0 bridgehead atoms. The quantitative estimate of drug-likeness (QED) is 0.0554. The topological polar surface area (TPSA) is 242 Å². The van der Waals surface area contributed by atoms with Crippen LogP contribution in [-0.2, 0) is 39.9 Å². The largest absolute Gasteiger partial charge is 0.396 e. The molecule has 0 aliphatic heterocycles. The highest BCUT2D eigenvalue weighted by Crippen LogP contribution is 2.21. The van der Waals surface area contributed by atoms with E-state index in [2.05, 4.69) is 26.3 Å². The summed E-state index contributed by atoms with van der Waals surface area (Å²) in [5, 5.41) is 33.1. The van der Waals surface area contributed by atoms with Crippen molar-refractivity contribution in [3.63, 3.8) is 0 Å². The number of benzene rings is 1. The van der Waals surface area contributed by atoms with Crippen molar-refractivity contribution < 1.29 is 43.7 Å². The summed E-state index contributed by atoms with van der Waals surface area (Å²) in [4.78, 5) is 83.4. The highest BCUT2D eigenvalue weighted by Gasteiger charge is 2.35. The summed E-state index contributed by atoms with van der Waals surface area (Å²) in [5.41, 5.74) is 7.35. The van der Waals surface area contributed by atoms with Gasteiger partial charge in [-0.3, -0.25) is 28.8 Å². The number of para-hydroxylation sites is 1. The van der Waals surface area contributed by atoms with Gasteiger partial charge in [-0.2, -0.15) is 0 Å². The summed E-state index contributed by atoms with van der Waals surface area (Å²) in [6, 6.07) is 4.91. The van der Waals surface area contributed by atoms with Gasteiger partial charge >= 0.3 is 0 Å². The minimum atomic E-state index is -1.27. The minimum absolute atomic E-state index is 0.178. The third-order valence-corrected chi connectivity index (χ3v) is 9.69. The second-order valence-electron chi connectivity index (χ2n) is 15.2. The molecule has 0 unspecified atom stereocenters. The van der Waals surface area contributed by atoms with E-state index < -0.39 is 90.7 Å². The lowest BCUT2D eigenvalue weighted by Crippen LogP contribution is -2.51. The molecule has 0 saturated heterocycles. The number of rotatable bonds is 29. The molecule has 0 saturated carbocycles. The lowest BCUT2D eigenvalue weighted by atomic mass is 9.88. The van der Waals surface area contributed by atoms with E-state index >= 15 is 0 Å². The fourth-order valence-corrected chi connectivity index (χ4v) is 6.43. The van der Waals surface area contributed by atoms with Gasteiger partial charge < -0.3 is 46.9 Å². The van der Waals surface area contributed by atoms with Crippen LogP contribution in [0.2, 0.25) is 0 Å². The average Bonchev–Trinajstić information content (AvgIpc) is 3.56. The van der Waals surface area contributed by atoms with Crippen LogP contribution in [0.3, 0.4) is 0 Å². The number of nitrogens with one attached hydrogen (secondary N) is 5. The number of nitrogens with two attached hydrogens (primary N) is 1. The highest BCUT2D eigenvalue weighted by atomic mass is 16.5. The third-order valence-electron chi connectivity index (χ3n) is 9.69. The summed E-state index contributed by atoms with van der Waals surface area (Å²) in [7, 11) is 0. The van der Waals surface area contributed by atoms with E-state index in [-0.39, 0.29) is 37.7 Å². The Morgan fingerprint density at radius 3 is 2.21 bits per heavy atom.